The lowest BCUT2D eigenvalue weighted by atomic mass is 10.3. The first-order valence-corrected chi connectivity index (χ1v) is 7.63. The van der Waals surface area contributed by atoms with Gasteiger partial charge in [0.05, 0.1) is 0 Å². The summed E-state index contributed by atoms with van der Waals surface area (Å²) in [4.78, 5) is 22.2. The van der Waals surface area contributed by atoms with E-state index in [2.05, 4.69) is 36.5 Å². The van der Waals surface area contributed by atoms with Crippen LogP contribution in [0.15, 0.2) is 41.0 Å². The molecule has 2 aromatic rings. The van der Waals surface area contributed by atoms with Gasteiger partial charge in [-0.3, -0.25) is 4.79 Å². The monoisotopic (exact) mass is 363 g/mol. The van der Waals surface area contributed by atoms with E-state index in [9.17, 15) is 4.79 Å². The lowest BCUT2D eigenvalue weighted by Crippen LogP contribution is -2.17. The molecule has 0 aliphatic carbocycles. The summed E-state index contributed by atoms with van der Waals surface area (Å²) in [5, 5.41) is 5.88. The summed E-state index contributed by atoms with van der Waals surface area (Å²) in [6.07, 6.45) is 2.03. The zero-order valence-electron chi connectivity index (χ0n) is 12.5. The van der Waals surface area contributed by atoms with E-state index in [1.807, 2.05) is 49.3 Å². The molecule has 1 aromatic heterocycles. The maximum Gasteiger partial charge on any atom is 0.226 e. The van der Waals surface area contributed by atoms with Crippen molar-refractivity contribution in [3.63, 3.8) is 0 Å². The van der Waals surface area contributed by atoms with Crippen molar-refractivity contribution in [2.45, 2.75) is 6.42 Å². The summed E-state index contributed by atoms with van der Waals surface area (Å²) in [5.74, 6) is 1.28. The first-order chi connectivity index (χ1) is 10.5. The number of carbonyl (C=O) groups is 1. The Hall–Kier alpha value is -2.15. The van der Waals surface area contributed by atoms with E-state index in [1.165, 1.54) is 0 Å². The molecule has 0 saturated heterocycles. The average Bonchev–Trinajstić information content (AvgIpc) is 2.50. The third-order valence-electron chi connectivity index (χ3n) is 2.86. The van der Waals surface area contributed by atoms with Crippen molar-refractivity contribution in [3.8, 4) is 0 Å². The second kappa shape index (κ2) is 7.74. The highest BCUT2D eigenvalue weighted by atomic mass is 79.9. The molecule has 0 radical (unpaired) electrons. The highest BCUT2D eigenvalue weighted by Gasteiger charge is 2.04. The van der Waals surface area contributed by atoms with E-state index in [0.717, 1.165) is 16.0 Å². The van der Waals surface area contributed by atoms with Crippen molar-refractivity contribution in [2.75, 3.05) is 36.2 Å². The smallest absolute Gasteiger partial charge is 0.226 e. The van der Waals surface area contributed by atoms with Crippen LogP contribution in [0.3, 0.4) is 0 Å². The normalized spacial score (nSPS) is 10.1. The topological polar surface area (TPSA) is 70.2 Å². The summed E-state index contributed by atoms with van der Waals surface area (Å²) < 4.78 is 0.977. The number of rotatable bonds is 6. The standard InChI is InChI=1S/C15H18BrN5O/c1-21(2)13-7-9-17-15(20-13)18-10-8-14(22)19-12-5-3-11(16)4-6-12/h3-7,9H,8,10H2,1-2H3,(H,19,22)(H,17,18,20). The van der Waals surface area contributed by atoms with Crippen molar-refractivity contribution >= 4 is 39.3 Å². The Morgan fingerprint density at radius 1 is 1.23 bits per heavy atom. The van der Waals surface area contributed by atoms with Crippen LogP contribution in [0.1, 0.15) is 6.42 Å². The number of halogens is 1. The van der Waals surface area contributed by atoms with Gasteiger partial charge in [-0.2, -0.15) is 4.98 Å². The molecule has 22 heavy (non-hydrogen) atoms. The van der Waals surface area contributed by atoms with Crippen molar-refractivity contribution < 1.29 is 4.79 Å². The van der Waals surface area contributed by atoms with Crippen molar-refractivity contribution in [1.82, 2.24) is 9.97 Å². The molecule has 1 amide bonds. The van der Waals surface area contributed by atoms with E-state index < -0.39 is 0 Å². The molecule has 6 nitrogen and oxygen atoms in total. The Labute approximate surface area is 138 Å². The first-order valence-electron chi connectivity index (χ1n) is 6.84. The molecular formula is C15H18BrN5O. The molecule has 1 heterocycles. The molecule has 0 aliphatic rings. The van der Waals surface area contributed by atoms with Crippen molar-refractivity contribution in [3.05, 3.63) is 41.0 Å². The summed E-state index contributed by atoms with van der Waals surface area (Å²) >= 11 is 3.36. The summed E-state index contributed by atoms with van der Waals surface area (Å²) in [6.45, 7) is 0.471. The van der Waals surface area contributed by atoms with Gasteiger partial charge in [-0.1, -0.05) is 15.9 Å². The fourth-order valence-electron chi connectivity index (χ4n) is 1.73. The van der Waals surface area contributed by atoms with Gasteiger partial charge in [-0.15, -0.1) is 0 Å². The van der Waals surface area contributed by atoms with E-state index >= 15 is 0 Å². The largest absolute Gasteiger partial charge is 0.363 e. The number of nitrogens with zero attached hydrogens (tertiary/aromatic N) is 3. The number of benzene rings is 1. The van der Waals surface area contributed by atoms with Crippen molar-refractivity contribution in [1.29, 1.82) is 0 Å². The highest BCUT2D eigenvalue weighted by Crippen LogP contribution is 2.14. The van der Waals surface area contributed by atoms with E-state index in [4.69, 9.17) is 0 Å². The average molecular weight is 364 g/mol. The Balaban J connectivity index is 1.79. The molecule has 0 unspecified atom stereocenters. The van der Waals surface area contributed by atoms with Gasteiger partial charge in [0, 0.05) is 43.4 Å². The fourth-order valence-corrected chi connectivity index (χ4v) is 1.99. The Bertz CT molecular complexity index is 630. The Morgan fingerprint density at radius 3 is 2.64 bits per heavy atom. The van der Waals surface area contributed by atoms with Crippen LogP contribution in [0, 0.1) is 0 Å². The van der Waals surface area contributed by atoms with Gasteiger partial charge in [0.15, 0.2) is 0 Å². The zero-order chi connectivity index (χ0) is 15.9. The van der Waals surface area contributed by atoms with Gasteiger partial charge in [-0.25, -0.2) is 4.98 Å². The lowest BCUT2D eigenvalue weighted by molar-refractivity contribution is -0.115. The molecule has 2 rings (SSSR count). The Kier molecular flexibility index (Phi) is 5.71. The first kappa shape index (κ1) is 16.2. The van der Waals surface area contributed by atoms with Crippen LogP contribution < -0.4 is 15.5 Å². The summed E-state index contributed by atoms with van der Waals surface area (Å²) in [7, 11) is 3.83. The number of aromatic nitrogens is 2. The van der Waals surface area contributed by atoms with Crippen LogP contribution in [0.5, 0.6) is 0 Å². The number of amides is 1. The Morgan fingerprint density at radius 2 is 1.95 bits per heavy atom. The number of nitrogens with one attached hydrogen (secondary N) is 2. The molecule has 2 N–H and O–H groups in total. The zero-order valence-corrected chi connectivity index (χ0v) is 14.1. The third-order valence-corrected chi connectivity index (χ3v) is 3.39. The van der Waals surface area contributed by atoms with E-state index in [0.29, 0.717) is 18.9 Å². The van der Waals surface area contributed by atoms with Gasteiger partial charge in [0.2, 0.25) is 11.9 Å². The maximum absolute atomic E-state index is 11.9. The number of carbonyl (C=O) groups excluding carboxylic acids is 1. The quantitative estimate of drug-likeness (QED) is 0.825. The minimum absolute atomic E-state index is 0.0569. The van der Waals surface area contributed by atoms with E-state index in [-0.39, 0.29) is 5.91 Å². The van der Waals surface area contributed by atoms with Crippen LogP contribution in [0.4, 0.5) is 17.5 Å². The summed E-state index contributed by atoms with van der Waals surface area (Å²) in [6, 6.07) is 9.28. The molecule has 7 heteroatoms. The molecule has 0 saturated carbocycles. The number of anilines is 3. The molecule has 0 atom stereocenters. The van der Waals surface area contributed by atoms with Crippen LogP contribution in [0.2, 0.25) is 0 Å². The molecule has 116 valence electrons. The van der Waals surface area contributed by atoms with Gasteiger partial charge >= 0.3 is 0 Å². The predicted octanol–water partition coefficient (Wildman–Crippen LogP) is 2.75. The predicted molar refractivity (Wildman–Crippen MR) is 92.2 cm³/mol. The van der Waals surface area contributed by atoms with Crippen LogP contribution in [0.25, 0.3) is 0 Å². The van der Waals surface area contributed by atoms with Gasteiger partial charge in [0.1, 0.15) is 5.82 Å². The van der Waals surface area contributed by atoms with Crippen LogP contribution in [-0.4, -0.2) is 36.5 Å². The highest BCUT2D eigenvalue weighted by molar-refractivity contribution is 9.10. The van der Waals surface area contributed by atoms with Crippen LogP contribution in [-0.2, 0) is 4.79 Å². The molecule has 0 spiro atoms. The van der Waals surface area contributed by atoms with E-state index in [1.54, 1.807) is 6.20 Å². The SMILES string of the molecule is CN(C)c1ccnc(NCCC(=O)Nc2ccc(Br)cc2)n1. The third kappa shape index (κ3) is 5.00. The van der Waals surface area contributed by atoms with Gasteiger partial charge < -0.3 is 15.5 Å². The maximum atomic E-state index is 11.9. The summed E-state index contributed by atoms with van der Waals surface area (Å²) in [5.41, 5.74) is 0.777. The second-order valence-corrected chi connectivity index (χ2v) is 5.78. The minimum atomic E-state index is -0.0569. The molecular weight excluding hydrogens is 346 g/mol. The second-order valence-electron chi connectivity index (χ2n) is 4.86. The van der Waals surface area contributed by atoms with Crippen LogP contribution >= 0.6 is 15.9 Å². The van der Waals surface area contributed by atoms with Crippen molar-refractivity contribution in [2.24, 2.45) is 0 Å². The lowest BCUT2D eigenvalue weighted by Gasteiger charge is -2.12. The van der Waals surface area contributed by atoms with Gasteiger partial charge in [0.25, 0.3) is 0 Å². The molecule has 1 aromatic carbocycles. The minimum Gasteiger partial charge on any atom is -0.363 e. The number of hydrogen-bond donors (Lipinski definition) is 2. The number of hydrogen-bond acceptors (Lipinski definition) is 5. The fraction of sp³-hybridized carbons (Fsp3) is 0.267. The molecule has 0 fully saturated rings. The molecule has 0 bridgehead atoms. The molecule has 0 aliphatic heterocycles. The van der Waals surface area contributed by atoms with Gasteiger partial charge in [-0.05, 0) is 30.3 Å².